The fraction of sp³-hybridized carbons (Fsp3) is 0.174. The number of nitrogens with one attached hydrogen (secondary N) is 1. The fourth-order valence-electron chi connectivity index (χ4n) is 3.80. The van der Waals surface area contributed by atoms with E-state index >= 15 is 0 Å². The molecule has 3 heterocycles. The summed E-state index contributed by atoms with van der Waals surface area (Å²) in [6.45, 7) is 1.31. The lowest BCUT2D eigenvalue weighted by Gasteiger charge is -2.28. The number of rotatable bonds is 3. The Bertz CT molecular complexity index is 1330. The monoisotopic (exact) mass is 419 g/mol. The summed E-state index contributed by atoms with van der Waals surface area (Å²) in [7, 11) is 0. The molecule has 0 aliphatic carbocycles. The summed E-state index contributed by atoms with van der Waals surface area (Å²) in [5.74, 6) is -1.20. The fourth-order valence-corrected chi connectivity index (χ4v) is 3.80. The van der Waals surface area contributed by atoms with Gasteiger partial charge in [0.25, 0.3) is 5.56 Å². The van der Waals surface area contributed by atoms with Crippen molar-refractivity contribution in [3.8, 4) is 5.69 Å². The van der Waals surface area contributed by atoms with Crippen molar-refractivity contribution < 1.29 is 8.78 Å². The van der Waals surface area contributed by atoms with Gasteiger partial charge in [0.1, 0.15) is 5.39 Å². The number of para-hydroxylation sites is 1. The van der Waals surface area contributed by atoms with Gasteiger partial charge < -0.3 is 4.90 Å². The molecule has 5 rings (SSSR count). The Morgan fingerprint density at radius 2 is 1.77 bits per heavy atom. The second-order valence-corrected chi connectivity index (χ2v) is 7.48. The second kappa shape index (κ2) is 7.79. The molecule has 0 bridgehead atoms. The Morgan fingerprint density at radius 1 is 1.00 bits per heavy atom. The Labute approximate surface area is 176 Å². The van der Waals surface area contributed by atoms with Crippen LogP contribution in [0.2, 0.25) is 0 Å². The van der Waals surface area contributed by atoms with E-state index in [-0.39, 0.29) is 5.56 Å². The lowest BCUT2D eigenvalue weighted by atomic mass is 10.0. The van der Waals surface area contributed by atoms with Crippen LogP contribution in [-0.4, -0.2) is 32.8 Å². The predicted molar refractivity (Wildman–Crippen MR) is 115 cm³/mol. The van der Waals surface area contributed by atoms with Crippen molar-refractivity contribution in [2.24, 2.45) is 0 Å². The standard InChI is InChI=1S/C23H19F2N5O/c24-19-7-6-16(13-20(19)25)12-15-8-10-29(11-9-15)23-27-21-18(22(31)28-23)14-26-30(21)17-4-2-1-3-5-17/h1-7,12-14H,8-11H2,(H,27,28,31). The number of hydrogen-bond donors (Lipinski definition) is 1. The number of nitrogens with zero attached hydrogens (tertiary/aromatic N) is 4. The summed E-state index contributed by atoms with van der Waals surface area (Å²) in [6.07, 6.45) is 4.89. The molecule has 0 radical (unpaired) electrons. The predicted octanol–water partition coefficient (Wildman–Crippen LogP) is 4.07. The number of hydrogen-bond acceptors (Lipinski definition) is 4. The number of anilines is 1. The van der Waals surface area contributed by atoms with Crippen molar-refractivity contribution in [3.05, 3.63) is 87.9 Å². The van der Waals surface area contributed by atoms with Crippen LogP contribution in [0.4, 0.5) is 14.7 Å². The molecule has 0 spiro atoms. The quantitative estimate of drug-likeness (QED) is 0.544. The van der Waals surface area contributed by atoms with E-state index in [0.717, 1.165) is 30.2 Å². The minimum absolute atomic E-state index is 0.231. The highest BCUT2D eigenvalue weighted by atomic mass is 19.2. The van der Waals surface area contributed by atoms with Gasteiger partial charge in [-0.15, -0.1) is 0 Å². The van der Waals surface area contributed by atoms with Crippen LogP contribution in [-0.2, 0) is 0 Å². The lowest BCUT2D eigenvalue weighted by molar-refractivity contribution is 0.508. The van der Waals surface area contributed by atoms with E-state index in [9.17, 15) is 13.6 Å². The summed E-state index contributed by atoms with van der Waals surface area (Å²) in [5.41, 5.74) is 2.89. The SMILES string of the molecule is O=c1[nH]c(N2CCC(=Cc3ccc(F)c(F)c3)CC2)nc2c1cnn2-c1ccccc1. The summed E-state index contributed by atoms with van der Waals surface area (Å²) in [5, 5.41) is 4.77. The van der Waals surface area contributed by atoms with E-state index in [1.807, 2.05) is 41.3 Å². The van der Waals surface area contributed by atoms with E-state index < -0.39 is 11.6 Å². The molecule has 1 fully saturated rings. The summed E-state index contributed by atoms with van der Waals surface area (Å²) < 4.78 is 28.2. The van der Waals surface area contributed by atoms with Crippen molar-refractivity contribution in [2.45, 2.75) is 12.8 Å². The second-order valence-electron chi connectivity index (χ2n) is 7.48. The molecule has 0 amide bonds. The Kier molecular flexibility index (Phi) is 4.82. The minimum Gasteiger partial charge on any atom is -0.342 e. The van der Waals surface area contributed by atoms with Crippen molar-refractivity contribution in [1.82, 2.24) is 19.7 Å². The highest BCUT2D eigenvalue weighted by molar-refractivity contribution is 5.76. The van der Waals surface area contributed by atoms with Gasteiger partial charge in [-0.25, -0.2) is 13.5 Å². The number of benzene rings is 2. The van der Waals surface area contributed by atoms with Gasteiger partial charge in [-0.3, -0.25) is 9.78 Å². The van der Waals surface area contributed by atoms with Crippen LogP contribution in [0, 0.1) is 11.6 Å². The van der Waals surface area contributed by atoms with Gasteiger partial charge in [-0.1, -0.05) is 35.9 Å². The van der Waals surface area contributed by atoms with E-state index in [1.165, 1.54) is 12.3 Å². The summed E-state index contributed by atoms with van der Waals surface area (Å²) in [4.78, 5) is 22.2. The van der Waals surface area contributed by atoms with Crippen molar-refractivity contribution in [3.63, 3.8) is 0 Å². The van der Waals surface area contributed by atoms with Gasteiger partial charge in [0.2, 0.25) is 5.95 Å². The molecular weight excluding hydrogens is 400 g/mol. The molecule has 0 atom stereocenters. The minimum atomic E-state index is -0.850. The first-order valence-corrected chi connectivity index (χ1v) is 10.0. The molecule has 156 valence electrons. The lowest BCUT2D eigenvalue weighted by Crippen LogP contribution is -2.33. The smallest absolute Gasteiger partial charge is 0.263 e. The zero-order valence-corrected chi connectivity index (χ0v) is 16.6. The molecule has 31 heavy (non-hydrogen) atoms. The van der Waals surface area contributed by atoms with Crippen LogP contribution < -0.4 is 10.5 Å². The third-order valence-corrected chi connectivity index (χ3v) is 5.45. The topological polar surface area (TPSA) is 66.8 Å². The van der Waals surface area contributed by atoms with Gasteiger partial charge in [-0.2, -0.15) is 10.1 Å². The molecule has 2 aromatic carbocycles. The number of piperidine rings is 1. The van der Waals surface area contributed by atoms with Crippen molar-refractivity contribution >= 4 is 23.1 Å². The van der Waals surface area contributed by atoms with Crippen LogP contribution in [0.1, 0.15) is 18.4 Å². The van der Waals surface area contributed by atoms with Gasteiger partial charge in [0.05, 0.1) is 11.9 Å². The third-order valence-electron chi connectivity index (χ3n) is 5.45. The molecule has 4 aromatic rings. The first-order chi connectivity index (χ1) is 15.1. The molecule has 1 N–H and O–H groups in total. The first kappa shape index (κ1) is 19.2. The normalized spacial score (nSPS) is 14.3. The number of aromatic amines is 1. The summed E-state index contributed by atoms with van der Waals surface area (Å²) >= 11 is 0. The molecule has 0 unspecified atom stereocenters. The number of fused-ring (bicyclic) bond motifs is 1. The average molecular weight is 419 g/mol. The zero-order chi connectivity index (χ0) is 21.4. The Morgan fingerprint density at radius 3 is 2.52 bits per heavy atom. The largest absolute Gasteiger partial charge is 0.342 e. The van der Waals surface area contributed by atoms with Gasteiger partial charge in [0, 0.05) is 13.1 Å². The molecule has 1 saturated heterocycles. The maximum absolute atomic E-state index is 13.4. The van der Waals surface area contributed by atoms with Crippen LogP contribution in [0.5, 0.6) is 0 Å². The third kappa shape index (κ3) is 3.72. The summed E-state index contributed by atoms with van der Waals surface area (Å²) in [6, 6.07) is 13.4. The molecule has 1 aliphatic heterocycles. The zero-order valence-electron chi connectivity index (χ0n) is 16.6. The molecule has 1 aliphatic rings. The van der Waals surface area contributed by atoms with E-state index in [0.29, 0.717) is 35.6 Å². The maximum Gasteiger partial charge on any atom is 0.263 e. The molecule has 2 aromatic heterocycles. The van der Waals surface area contributed by atoms with Crippen molar-refractivity contribution in [1.29, 1.82) is 0 Å². The molecular formula is C23H19F2N5O. The Balaban J connectivity index is 1.40. The number of aromatic nitrogens is 4. The van der Waals surface area contributed by atoms with E-state index in [4.69, 9.17) is 0 Å². The van der Waals surface area contributed by atoms with E-state index in [2.05, 4.69) is 15.1 Å². The first-order valence-electron chi connectivity index (χ1n) is 10.0. The van der Waals surface area contributed by atoms with Crippen LogP contribution in [0.3, 0.4) is 0 Å². The molecule has 0 saturated carbocycles. The van der Waals surface area contributed by atoms with E-state index in [1.54, 1.807) is 10.7 Å². The molecule has 6 nitrogen and oxygen atoms in total. The van der Waals surface area contributed by atoms with Gasteiger partial charge in [-0.05, 0) is 42.7 Å². The van der Waals surface area contributed by atoms with Crippen LogP contribution in [0.25, 0.3) is 22.8 Å². The maximum atomic E-state index is 13.4. The van der Waals surface area contributed by atoms with Gasteiger partial charge >= 0.3 is 0 Å². The van der Waals surface area contributed by atoms with Gasteiger partial charge in [0.15, 0.2) is 17.3 Å². The van der Waals surface area contributed by atoms with Crippen LogP contribution >= 0.6 is 0 Å². The highest BCUT2D eigenvalue weighted by Crippen LogP contribution is 2.24. The molecule has 8 heteroatoms. The number of halogens is 2. The Hall–Kier alpha value is -3.81. The van der Waals surface area contributed by atoms with Crippen molar-refractivity contribution in [2.75, 3.05) is 18.0 Å². The van der Waals surface area contributed by atoms with Crippen LogP contribution in [0.15, 0.2) is 65.1 Å². The number of H-pyrrole nitrogens is 1. The highest BCUT2D eigenvalue weighted by Gasteiger charge is 2.19. The average Bonchev–Trinajstić information content (AvgIpc) is 3.22.